The summed E-state index contributed by atoms with van der Waals surface area (Å²) >= 11 is 0. The van der Waals surface area contributed by atoms with Crippen molar-refractivity contribution in [1.29, 1.82) is 0 Å². The van der Waals surface area contributed by atoms with Gasteiger partial charge in [-0.15, -0.1) is 0 Å². The molecule has 0 unspecified atom stereocenters. The smallest absolute Gasteiger partial charge is 0.0543 e. The third-order valence-electron chi connectivity index (χ3n) is 14.2. The number of fused-ring (bicyclic) bond motifs is 7. The van der Waals surface area contributed by atoms with Crippen LogP contribution in [0, 0.1) is 13.8 Å². The average molecular weight is 871 g/mol. The van der Waals surface area contributed by atoms with E-state index in [2.05, 4.69) is 279 Å². The number of para-hydroxylation sites is 2. The van der Waals surface area contributed by atoms with Gasteiger partial charge >= 0.3 is 0 Å². The maximum atomic E-state index is 2.53. The molecule has 0 bridgehead atoms. The fraction of sp³-hybridized carbons (Fsp3) is 0.0606. The summed E-state index contributed by atoms with van der Waals surface area (Å²) in [6.45, 7) is 6.79. The SMILES string of the molecule is Cc1ccc(N(c2ccccc2-c2ccccc2)c2cc3c(c4ccccc24)-c2c(cc(N(c4ccc(C)cc4)c4ccccc4-c4ccccc4)c4ccccc24)C3(C)c2ccccc2)cc1. The minimum absolute atomic E-state index is 0.556. The van der Waals surface area contributed by atoms with Crippen LogP contribution in [0.15, 0.2) is 249 Å². The molecule has 0 amide bonds. The quantitative estimate of drug-likeness (QED) is 0.143. The van der Waals surface area contributed by atoms with Crippen LogP contribution in [0.25, 0.3) is 54.9 Å². The van der Waals surface area contributed by atoms with Crippen molar-refractivity contribution in [3.05, 3.63) is 277 Å². The molecule has 11 aromatic rings. The van der Waals surface area contributed by atoms with Gasteiger partial charge in [-0.2, -0.15) is 0 Å². The first-order valence-corrected chi connectivity index (χ1v) is 23.7. The van der Waals surface area contributed by atoms with Gasteiger partial charge in [0.2, 0.25) is 0 Å². The van der Waals surface area contributed by atoms with Crippen LogP contribution in [0.2, 0.25) is 0 Å². The maximum Gasteiger partial charge on any atom is 0.0543 e. The Morgan fingerprint density at radius 1 is 0.309 bits per heavy atom. The summed E-state index contributed by atoms with van der Waals surface area (Å²) in [4.78, 5) is 5.00. The minimum atomic E-state index is -0.556. The highest BCUT2D eigenvalue weighted by molar-refractivity contribution is 6.18. The Hall–Kier alpha value is -8.46. The molecule has 0 N–H and O–H groups in total. The van der Waals surface area contributed by atoms with Crippen molar-refractivity contribution in [1.82, 2.24) is 0 Å². The van der Waals surface area contributed by atoms with Crippen molar-refractivity contribution in [3.8, 4) is 33.4 Å². The predicted octanol–water partition coefficient (Wildman–Crippen LogP) is 18.2. The van der Waals surface area contributed by atoms with Gasteiger partial charge in [-0.1, -0.05) is 211 Å². The number of rotatable bonds is 9. The van der Waals surface area contributed by atoms with Gasteiger partial charge in [0.05, 0.1) is 22.7 Å². The van der Waals surface area contributed by atoms with E-state index in [9.17, 15) is 0 Å². The second-order valence-electron chi connectivity index (χ2n) is 18.3. The lowest BCUT2D eigenvalue weighted by Crippen LogP contribution is -2.23. The molecule has 1 aliphatic rings. The van der Waals surface area contributed by atoms with E-state index in [0.717, 1.165) is 34.1 Å². The molecular formula is C66H50N2. The number of benzene rings is 11. The molecule has 0 radical (unpaired) electrons. The number of anilines is 6. The van der Waals surface area contributed by atoms with E-state index in [4.69, 9.17) is 0 Å². The third kappa shape index (κ3) is 6.71. The highest BCUT2D eigenvalue weighted by Gasteiger charge is 2.44. The summed E-state index contributed by atoms with van der Waals surface area (Å²) < 4.78 is 0. The normalized spacial score (nSPS) is 12.5. The summed E-state index contributed by atoms with van der Waals surface area (Å²) in [7, 11) is 0. The van der Waals surface area contributed by atoms with Gasteiger partial charge in [-0.05, 0) is 119 Å². The molecule has 324 valence electrons. The Bertz CT molecular complexity index is 3410. The highest BCUT2D eigenvalue weighted by atomic mass is 15.2. The van der Waals surface area contributed by atoms with E-state index in [1.165, 1.54) is 82.7 Å². The number of hydrogen-bond donors (Lipinski definition) is 0. The molecule has 2 nitrogen and oxygen atoms in total. The van der Waals surface area contributed by atoms with Crippen molar-refractivity contribution in [3.63, 3.8) is 0 Å². The standard InChI is InChI=1S/C66H50N2/c1-45-35-39-50(40-36-45)67(60-33-19-17-27-52(60)47-21-7-4-8-22-47)62-43-58-64(56-31-15-13-29-54(56)62)65-57-32-16-14-30-55(57)63(44-59(65)66(58,3)49-25-11-6-12-26-49)68(51-41-37-46(2)38-42-51)61-34-20-18-28-53(61)48-23-9-5-10-24-48/h4-44H,1-3H3. The predicted molar refractivity (Wildman–Crippen MR) is 289 cm³/mol. The highest BCUT2D eigenvalue weighted by Crippen LogP contribution is 2.61. The Kier molecular flexibility index (Phi) is 10.1. The Morgan fingerprint density at radius 3 is 1.06 bits per heavy atom. The van der Waals surface area contributed by atoms with Gasteiger partial charge in [-0.3, -0.25) is 0 Å². The molecule has 2 heteroatoms. The number of nitrogens with zero attached hydrogens (tertiary/aromatic N) is 2. The molecule has 0 saturated heterocycles. The van der Waals surface area contributed by atoms with Crippen molar-refractivity contribution in [2.45, 2.75) is 26.2 Å². The van der Waals surface area contributed by atoms with E-state index in [1.54, 1.807) is 0 Å². The van der Waals surface area contributed by atoms with E-state index in [-0.39, 0.29) is 0 Å². The molecule has 12 rings (SSSR count). The van der Waals surface area contributed by atoms with Crippen molar-refractivity contribution in [2.75, 3.05) is 9.80 Å². The zero-order valence-corrected chi connectivity index (χ0v) is 38.6. The lowest BCUT2D eigenvalue weighted by molar-refractivity contribution is 0.715. The van der Waals surface area contributed by atoms with Crippen LogP contribution >= 0.6 is 0 Å². The summed E-state index contributed by atoms with van der Waals surface area (Å²) in [5, 5.41) is 4.87. The van der Waals surface area contributed by atoms with Crippen LogP contribution in [0.3, 0.4) is 0 Å². The molecule has 0 heterocycles. The fourth-order valence-corrected chi connectivity index (χ4v) is 10.9. The van der Waals surface area contributed by atoms with Crippen LogP contribution in [0.4, 0.5) is 34.1 Å². The van der Waals surface area contributed by atoms with Gasteiger partial charge in [0.15, 0.2) is 0 Å². The van der Waals surface area contributed by atoms with E-state index >= 15 is 0 Å². The van der Waals surface area contributed by atoms with Crippen LogP contribution < -0.4 is 9.80 Å². The largest absolute Gasteiger partial charge is 0.309 e. The molecule has 0 saturated carbocycles. The Balaban J connectivity index is 1.19. The summed E-state index contributed by atoms with van der Waals surface area (Å²) in [5.74, 6) is 0. The van der Waals surface area contributed by atoms with Gasteiger partial charge in [0.25, 0.3) is 0 Å². The topological polar surface area (TPSA) is 6.48 Å². The van der Waals surface area contributed by atoms with Crippen LogP contribution in [-0.4, -0.2) is 0 Å². The van der Waals surface area contributed by atoms with E-state index in [1.807, 2.05) is 0 Å². The summed E-state index contributed by atoms with van der Waals surface area (Å²) in [6.07, 6.45) is 0. The molecule has 0 fully saturated rings. The van der Waals surface area contributed by atoms with Crippen LogP contribution in [0.1, 0.15) is 34.7 Å². The van der Waals surface area contributed by atoms with Gasteiger partial charge in [0.1, 0.15) is 0 Å². The van der Waals surface area contributed by atoms with Gasteiger partial charge in [0, 0.05) is 38.7 Å². The number of hydrogen-bond acceptors (Lipinski definition) is 2. The maximum absolute atomic E-state index is 2.53. The first-order chi connectivity index (χ1) is 33.5. The van der Waals surface area contributed by atoms with E-state index in [0.29, 0.717) is 0 Å². The minimum Gasteiger partial charge on any atom is -0.309 e. The lowest BCUT2D eigenvalue weighted by atomic mass is 9.73. The monoisotopic (exact) mass is 870 g/mol. The first-order valence-electron chi connectivity index (χ1n) is 23.7. The van der Waals surface area contributed by atoms with Crippen molar-refractivity contribution >= 4 is 55.7 Å². The average Bonchev–Trinajstić information content (AvgIpc) is 3.67. The van der Waals surface area contributed by atoms with Gasteiger partial charge < -0.3 is 9.80 Å². The second kappa shape index (κ2) is 16.8. The molecule has 1 aliphatic carbocycles. The molecule has 0 aromatic heterocycles. The van der Waals surface area contributed by atoms with E-state index < -0.39 is 5.41 Å². The van der Waals surface area contributed by atoms with Crippen molar-refractivity contribution in [2.24, 2.45) is 0 Å². The molecular weight excluding hydrogens is 821 g/mol. The molecule has 0 spiro atoms. The van der Waals surface area contributed by atoms with Crippen LogP contribution in [-0.2, 0) is 5.41 Å². The van der Waals surface area contributed by atoms with Crippen molar-refractivity contribution < 1.29 is 0 Å². The summed E-state index contributed by atoms with van der Waals surface area (Å²) in [5.41, 5.74) is 19.8. The Morgan fingerprint density at radius 2 is 0.647 bits per heavy atom. The second-order valence-corrected chi connectivity index (χ2v) is 18.3. The zero-order valence-electron chi connectivity index (χ0n) is 38.6. The molecule has 68 heavy (non-hydrogen) atoms. The third-order valence-corrected chi connectivity index (χ3v) is 14.2. The first kappa shape index (κ1) is 41.0. The lowest BCUT2D eigenvalue weighted by Gasteiger charge is -2.34. The zero-order chi connectivity index (χ0) is 45.8. The summed E-state index contributed by atoms with van der Waals surface area (Å²) in [6, 6.07) is 91.8. The van der Waals surface area contributed by atoms with Crippen LogP contribution in [0.5, 0.6) is 0 Å². The van der Waals surface area contributed by atoms with Gasteiger partial charge in [-0.25, -0.2) is 0 Å². The Labute approximate surface area is 399 Å². The molecule has 0 aliphatic heterocycles. The molecule has 0 atom stereocenters. The number of aryl methyl sites for hydroxylation is 2. The fourth-order valence-electron chi connectivity index (χ4n) is 10.9. The molecule has 11 aromatic carbocycles.